The molecule has 1 aromatic heterocycles. The third-order valence-electron chi connectivity index (χ3n) is 10.6. The van der Waals surface area contributed by atoms with Gasteiger partial charge in [0.05, 0.1) is 0 Å². The van der Waals surface area contributed by atoms with Gasteiger partial charge in [-0.3, -0.25) is 0 Å². The van der Waals surface area contributed by atoms with Gasteiger partial charge in [-0.1, -0.05) is 140 Å². The molecule has 226 valence electrons. The Morgan fingerprint density at radius 1 is 0.286 bits per heavy atom. The van der Waals surface area contributed by atoms with Gasteiger partial charge in [0, 0.05) is 10.8 Å². The van der Waals surface area contributed by atoms with Crippen molar-refractivity contribution in [3.63, 3.8) is 0 Å². The van der Waals surface area contributed by atoms with E-state index in [0.29, 0.717) is 0 Å². The van der Waals surface area contributed by atoms with Crippen molar-refractivity contribution in [2.45, 2.75) is 0 Å². The van der Waals surface area contributed by atoms with Gasteiger partial charge in [0.1, 0.15) is 11.2 Å². The Balaban J connectivity index is 1.19. The fraction of sp³-hybridized carbons (Fsp3) is 0. The molecule has 10 aromatic carbocycles. The highest BCUT2D eigenvalue weighted by Crippen LogP contribution is 2.49. The van der Waals surface area contributed by atoms with Crippen molar-refractivity contribution >= 4 is 75.8 Å². The molecule has 49 heavy (non-hydrogen) atoms. The molecule has 11 aromatic rings. The molecule has 11 rings (SSSR count). The molecule has 1 nitrogen and oxygen atoms in total. The van der Waals surface area contributed by atoms with E-state index < -0.39 is 0 Å². The molecule has 0 saturated carbocycles. The average molecular weight is 621 g/mol. The van der Waals surface area contributed by atoms with Crippen LogP contribution >= 0.6 is 0 Å². The normalized spacial score (nSPS) is 12.1. The van der Waals surface area contributed by atoms with Gasteiger partial charge >= 0.3 is 0 Å². The first-order valence-electron chi connectivity index (χ1n) is 16.9. The lowest BCUT2D eigenvalue weighted by atomic mass is 9.83. The molecule has 0 N–H and O–H groups in total. The first-order valence-corrected chi connectivity index (χ1v) is 16.9. The third kappa shape index (κ3) is 3.82. The molecule has 0 unspecified atom stereocenters. The third-order valence-corrected chi connectivity index (χ3v) is 10.6. The van der Waals surface area contributed by atoms with Crippen molar-refractivity contribution in [3.05, 3.63) is 170 Å². The fourth-order valence-electron chi connectivity index (χ4n) is 8.44. The minimum absolute atomic E-state index is 0.939. The maximum atomic E-state index is 6.35. The van der Waals surface area contributed by atoms with Crippen LogP contribution in [0.2, 0.25) is 0 Å². The van der Waals surface area contributed by atoms with Crippen LogP contribution in [-0.4, -0.2) is 0 Å². The summed E-state index contributed by atoms with van der Waals surface area (Å²) in [4.78, 5) is 0. The molecule has 0 aliphatic carbocycles. The average Bonchev–Trinajstić information content (AvgIpc) is 3.55. The molecule has 0 aliphatic rings. The Hall–Kier alpha value is -6.44. The lowest BCUT2D eigenvalue weighted by Crippen LogP contribution is -1.93. The second-order valence-corrected chi connectivity index (χ2v) is 13.2. The number of rotatable bonds is 3. The predicted molar refractivity (Wildman–Crippen MR) is 209 cm³/mol. The van der Waals surface area contributed by atoms with Crippen molar-refractivity contribution in [2.24, 2.45) is 0 Å². The molecular formula is C48H28O. The van der Waals surface area contributed by atoms with Gasteiger partial charge in [-0.25, -0.2) is 0 Å². The molecule has 0 amide bonds. The van der Waals surface area contributed by atoms with E-state index in [1.807, 2.05) is 0 Å². The predicted octanol–water partition coefficient (Wildman–Crippen LogP) is 13.8. The quantitative estimate of drug-likeness (QED) is 0.141. The van der Waals surface area contributed by atoms with Crippen LogP contribution in [0.15, 0.2) is 174 Å². The summed E-state index contributed by atoms with van der Waals surface area (Å²) in [5.74, 6) is 0. The Bertz CT molecular complexity index is 3050. The molecule has 0 spiro atoms. The van der Waals surface area contributed by atoms with Crippen molar-refractivity contribution in [2.75, 3.05) is 0 Å². The Morgan fingerprint density at radius 2 is 0.816 bits per heavy atom. The summed E-state index contributed by atoms with van der Waals surface area (Å²) in [5, 5.41) is 14.9. The number of hydrogen-bond acceptors (Lipinski definition) is 1. The zero-order valence-electron chi connectivity index (χ0n) is 26.6. The molecule has 0 atom stereocenters. The highest BCUT2D eigenvalue weighted by molar-refractivity contribution is 6.30. The van der Waals surface area contributed by atoms with Crippen LogP contribution in [0.3, 0.4) is 0 Å². The highest BCUT2D eigenvalue weighted by Gasteiger charge is 2.22. The summed E-state index contributed by atoms with van der Waals surface area (Å²) in [7, 11) is 0. The number of benzene rings is 10. The van der Waals surface area contributed by atoms with E-state index in [1.165, 1.54) is 98.0 Å². The summed E-state index contributed by atoms with van der Waals surface area (Å²) in [6.07, 6.45) is 0. The molecule has 1 heterocycles. The van der Waals surface area contributed by atoms with Gasteiger partial charge < -0.3 is 4.42 Å². The number of hydrogen-bond donors (Lipinski definition) is 0. The van der Waals surface area contributed by atoms with Crippen molar-refractivity contribution in [1.29, 1.82) is 0 Å². The van der Waals surface area contributed by atoms with Crippen LogP contribution in [0.1, 0.15) is 0 Å². The zero-order valence-corrected chi connectivity index (χ0v) is 26.6. The van der Waals surface area contributed by atoms with Crippen LogP contribution < -0.4 is 0 Å². The van der Waals surface area contributed by atoms with E-state index in [0.717, 1.165) is 11.2 Å². The second kappa shape index (κ2) is 10.0. The first-order chi connectivity index (χ1) is 24.3. The fourth-order valence-corrected chi connectivity index (χ4v) is 8.44. The minimum atomic E-state index is 0.939. The summed E-state index contributed by atoms with van der Waals surface area (Å²) >= 11 is 0. The van der Waals surface area contributed by atoms with Gasteiger partial charge in [0.25, 0.3) is 0 Å². The Kier molecular flexibility index (Phi) is 5.45. The van der Waals surface area contributed by atoms with Crippen molar-refractivity contribution in [1.82, 2.24) is 0 Å². The van der Waals surface area contributed by atoms with E-state index in [9.17, 15) is 0 Å². The summed E-state index contributed by atoms with van der Waals surface area (Å²) < 4.78 is 6.35. The van der Waals surface area contributed by atoms with E-state index in [1.54, 1.807) is 0 Å². The van der Waals surface area contributed by atoms with Crippen LogP contribution in [0.5, 0.6) is 0 Å². The van der Waals surface area contributed by atoms with E-state index in [-0.39, 0.29) is 0 Å². The van der Waals surface area contributed by atoms with Crippen molar-refractivity contribution in [3.8, 4) is 33.4 Å². The van der Waals surface area contributed by atoms with E-state index >= 15 is 0 Å². The number of fused-ring (bicyclic) bond motifs is 4. The second-order valence-electron chi connectivity index (χ2n) is 13.2. The van der Waals surface area contributed by atoms with Gasteiger partial charge in [-0.2, -0.15) is 0 Å². The molecule has 0 aliphatic heterocycles. The standard InChI is InChI=1S/C48H28O/c1-2-11-30-26-31(23-22-29(30)10-1)32-24-25-35-33(27-32)12-7-18-36(35)46-37-14-3-5-16-39(37)47(40-17-6-4-15-38(40)46)42-28-34-13-8-20-43-45(34)48-41(42)19-9-21-44(48)49-43/h1-28H. The monoisotopic (exact) mass is 620 g/mol. The molecular weight excluding hydrogens is 593 g/mol. The van der Waals surface area contributed by atoms with Crippen molar-refractivity contribution < 1.29 is 4.42 Å². The van der Waals surface area contributed by atoms with E-state index in [2.05, 4.69) is 170 Å². The van der Waals surface area contributed by atoms with Crippen LogP contribution in [-0.2, 0) is 0 Å². The van der Waals surface area contributed by atoms with Gasteiger partial charge in [0.2, 0.25) is 0 Å². The molecule has 0 fully saturated rings. The first kappa shape index (κ1) is 26.6. The van der Waals surface area contributed by atoms with E-state index in [4.69, 9.17) is 4.42 Å². The SMILES string of the molecule is c1ccc2cc(-c3ccc4c(-c5c6ccccc6c(-c6cc7cccc8oc9cccc6c9c78)c6ccccc56)cccc4c3)ccc2c1. The lowest BCUT2D eigenvalue weighted by molar-refractivity contribution is 0.669. The highest BCUT2D eigenvalue weighted by atomic mass is 16.3. The summed E-state index contributed by atoms with van der Waals surface area (Å²) in [6.45, 7) is 0. The number of furan rings is 1. The lowest BCUT2D eigenvalue weighted by Gasteiger charge is -2.20. The maximum absolute atomic E-state index is 6.35. The smallest absolute Gasteiger partial charge is 0.136 e. The van der Waals surface area contributed by atoms with Crippen LogP contribution in [0, 0.1) is 0 Å². The molecule has 1 heteroatoms. The molecule has 0 bridgehead atoms. The van der Waals surface area contributed by atoms with Gasteiger partial charge in [-0.15, -0.1) is 0 Å². The maximum Gasteiger partial charge on any atom is 0.136 e. The van der Waals surface area contributed by atoms with Crippen LogP contribution in [0.25, 0.3) is 109 Å². The Labute approximate surface area is 282 Å². The Morgan fingerprint density at radius 3 is 1.57 bits per heavy atom. The minimum Gasteiger partial charge on any atom is -0.456 e. The largest absolute Gasteiger partial charge is 0.456 e. The summed E-state index contributed by atoms with van der Waals surface area (Å²) in [6, 6.07) is 62.2. The van der Waals surface area contributed by atoms with Gasteiger partial charge in [0.15, 0.2) is 0 Å². The molecule has 0 radical (unpaired) electrons. The molecule has 0 saturated heterocycles. The summed E-state index contributed by atoms with van der Waals surface area (Å²) in [5.41, 5.74) is 9.39. The van der Waals surface area contributed by atoms with Crippen LogP contribution in [0.4, 0.5) is 0 Å². The van der Waals surface area contributed by atoms with Gasteiger partial charge in [-0.05, 0) is 118 Å². The zero-order chi connectivity index (χ0) is 32.1. The topological polar surface area (TPSA) is 13.1 Å².